The molecule has 0 saturated carbocycles. The summed E-state index contributed by atoms with van der Waals surface area (Å²) in [7, 11) is 0. The van der Waals surface area contributed by atoms with Gasteiger partial charge in [0.2, 0.25) is 0 Å². The van der Waals surface area contributed by atoms with Gasteiger partial charge in [-0.2, -0.15) is 0 Å². The first-order valence-corrected chi connectivity index (χ1v) is 8.10. The Hall–Kier alpha value is -1.55. The molecule has 0 radical (unpaired) electrons. The lowest BCUT2D eigenvalue weighted by atomic mass is 9.97. The number of thioether (sulfide) groups is 1. The SMILES string of the molecule is O=c1[nH]c(SCCc2ccccc2)nc2c1CCCC2. The van der Waals surface area contributed by atoms with Crippen LogP contribution in [-0.4, -0.2) is 15.7 Å². The van der Waals surface area contributed by atoms with Crippen LogP contribution in [0.25, 0.3) is 0 Å². The van der Waals surface area contributed by atoms with E-state index in [9.17, 15) is 4.79 Å². The highest BCUT2D eigenvalue weighted by molar-refractivity contribution is 7.99. The first-order chi connectivity index (χ1) is 9.83. The number of aromatic nitrogens is 2. The van der Waals surface area contributed by atoms with Gasteiger partial charge in [0.25, 0.3) is 5.56 Å². The molecule has 0 aliphatic heterocycles. The van der Waals surface area contributed by atoms with Gasteiger partial charge in [-0.3, -0.25) is 4.79 Å². The number of fused-ring (bicyclic) bond motifs is 1. The van der Waals surface area contributed by atoms with Crippen molar-refractivity contribution in [3.8, 4) is 0 Å². The average Bonchev–Trinajstić information content (AvgIpc) is 2.48. The summed E-state index contributed by atoms with van der Waals surface area (Å²) >= 11 is 1.64. The lowest BCUT2D eigenvalue weighted by Crippen LogP contribution is -2.21. The largest absolute Gasteiger partial charge is 0.301 e. The predicted octanol–water partition coefficient (Wildman–Crippen LogP) is 2.98. The molecule has 1 heterocycles. The average molecular weight is 286 g/mol. The molecule has 0 unspecified atom stereocenters. The van der Waals surface area contributed by atoms with Crippen LogP contribution in [-0.2, 0) is 19.3 Å². The van der Waals surface area contributed by atoms with Gasteiger partial charge in [0.05, 0.1) is 5.69 Å². The Morgan fingerprint density at radius 3 is 2.80 bits per heavy atom. The lowest BCUT2D eigenvalue weighted by molar-refractivity contribution is 0.641. The number of nitrogens with one attached hydrogen (secondary N) is 1. The van der Waals surface area contributed by atoms with E-state index in [0.717, 1.165) is 54.3 Å². The standard InChI is InChI=1S/C16H18N2OS/c19-15-13-8-4-5-9-14(13)17-16(18-15)20-11-10-12-6-2-1-3-7-12/h1-3,6-7H,4-5,8-11H2,(H,17,18,19). The zero-order chi connectivity index (χ0) is 13.8. The summed E-state index contributed by atoms with van der Waals surface area (Å²) in [5.41, 5.74) is 3.31. The van der Waals surface area contributed by atoms with Crippen molar-refractivity contribution in [2.75, 3.05) is 5.75 Å². The minimum Gasteiger partial charge on any atom is -0.301 e. The normalized spacial score (nSPS) is 14.0. The molecular weight excluding hydrogens is 268 g/mol. The van der Waals surface area contributed by atoms with Crippen molar-refractivity contribution in [2.24, 2.45) is 0 Å². The Morgan fingerprint density at radius 1 is 1.15 bits per heavy atom. The number of aromatic amines is 1. The van der Waals surface area contributed by atoms with Crippen molar-refractivity contribution in [3.63, 3.8) is 0 Å². The summed E-state index contributed by atoms with van der Waals surface area (Å²) in [6.45, 7) is 0. The Bertz CT molecular complexity index is 637. The van der Waals surface area contributed by atoms with Crippen LogP contribution in [0.15, 0.2) is 40.3 Å². The van der Waals surface area contributed by atoms with E-state index in [2.05, 4.69) is 34.2 Å². The van der Waals surface area contributed by atoms with Gasteiger partial charge in [-0.25, -0.2) is 4.98 Å². The van der Waals surface area contributed by atoms with E-state index in [4.69, 9.17) is 0 Å². The van der Waals surface area contributed by atoms with E-state index in [1.54, 1.807) is 11.8 Å². The molecule has 3 nitrogen and oxygen atoms in total. The summed E-state index contributed by atoms with van der Waals surface area (Å²) in [5.74, 6) is 0.936. The van der Waals surface area contributed by atoms with Gasteiger partial charge >= 0.3 is 0 Å². The number of rotatable bonds is 4. The highest BCUT2D eigenvalue weighted by atomic mass is 32.2. The number of hydrogen-bond acceptors (Lipinski definition) is 3. The van der Waals surface area contributed by atoms with E-state index in [-0.39, 0.29) is 5.56 Å². The van der Waals surface area contributed by atoms with Crippen molar-refractivity contribution in [1.29, 1.82) is 0 Å². The number of H-pyrrole nitrogens is 1. The van der Waals surface area contributed by atoms with E-state index in [1.807, 2.05) is 6.07 Å². The van der Waals surface area contributed by atoms with Gasteiger partial charge in [0, 0.05) is 11.3 Å². The quantitative estimate of drug-likeness (QED) is 0.694. The van der Waals surface area contributed by atoms with Crippen LogP contribution in [0.1, 0.15) is 29.7 Å². The van der Waals surface area contributed by atoms with E-state index in [1.165, 1.54) is 5.56 Å². The number of nitrogens with zero attached hydrogens (tertiary/aromatic N) is 1. The highest BCUT2D eigenvalue weighted by Gasteiger charge is 2.15. The summed E-state index contributed by atoms with van der Waals surface area (Å²) in [6.07, 6.45) is 5.08. The van der Waals surface area contributed by atoms with Crippen LogP contribution in [0.5, 0.6) is 0 Å². The number of benzene rings is 1. The molecule has 0 spiro atoms. The Labute approximate surface area is 122 Å². The third-order valence-electron chi connectivity index (χ3n) is 3.64. The van der Waals surface area contributed by atoms with E-state index in [0.29, 0.717) is 0 Å². The zero-order valence-corrected chi connectivity index (χ0v) is 12.2. The van der Waals surface area contributed by atoms with Gasteiger partial charge in [-0.1, -0.05) is 42.1 Å². The Balaban J connectivity index is 1.66. The lowest BCUT2D eigenvalue weighted by Gasteiger charge is -2.14. The minimum absolute atomic E-state index is 0.0666. The molecule has 20 heavy (non-hydrogen) atoms. The molecule has 2 aromatic rings. The predicted molar refractivity (Wildman–Crippen MR) is 82.4 cm³/mol. The Kier molecular flexibility index (Phi) is 4.21. The summed E-state index contributed by atoms with van der Waals surface area (Å²) < 4.78 is 0. The molecule has 0 fully saturated rings. The molecule has 4 heteroatoms. The molecule has 1 aromatic carbocycles. The van der Waals surface area contributed by atoms with Gasteiger partial charge < -0.3 is 4.98 Å². The second-order valence-electron chi connectivity index (χ2n) is 5.09. The van der Waals surface area contributed by atoms with E-state index >= 15 is 0 Å². The molecule has 3 rings (SSSR count). The second-order valence-corrected chi connectivity index (χ2v) is 6.17. The van der Waals surface area contributed by atoms with Crippen molar-refractivity contribution in [3.05, 3.63) is 57.5 Å². The zero-order valence-electron chi connectivity index (χ0n) is 11.4. The van der Waals surface area contributed by atoms with Crippen LogP contribution in [0.3, 0.4) is 0 Å². The highest BCUT2D eigenvalue weighted by Crippen LogP contribution is 2.19. The fourth-order valence-electron chi connectivity index (χ4n) is 2.56. The first kappa shape index (κ1) is 13.4. The number of hydrogen-bond donors (Lipinski definition) is 1. The smallest absolute Gasteiger partial charge is 0.254 e. The molecule has 0 atom stereocenters. The topological polar surface area (TPSA) is 45.8 Å². The third kappa shape index (κ3) is 3.12. The summed E-state index contributed by atoms with van der Waals surface area (Å²) in [5, 5.41) is 0.770. The van der Waals surface area contributed by atoms with E-state index < -0.39 is 0 Å². The maximum atomic E-state index is 12.0. The molecule has 1 N–H and O–H groups in total. The van der Waals surface area contributed by atoms with Gasteiger partial charge in [-0.05, 0) is 37.7 Å². The van der Waals surface area contributed by atoms with Crippen molar-refractivity contribution < 1.29 is 0 Å². The fraction of sp³-hybridized carbons (Fsp3) is 0.375. The van der Waals surface area contributed by atoms with Crippen molar-refractivity contribution >= 4 is 11.8 Å². The van der Waals surface area contributed by atoms with Crippen LogP contribution in [0.2, 0.25) is 0 Å². The Morgan fingerprint density at radius 2 is 1.95 bits per heavy atom. The molecule has 0 amide bonds. The van der Waals surface area contributed by atoms with Crippen molar-refractivity contribution in [1.82, 2.24) is 9.97 Å². The van der Waals surface area contributed by atoms with Crippen LogP contribution >= 0.6 is 11.8 Å². The maximum Gasteiger partial charge on any atom is 0.254 e. The third-order valence-corrected chi connectivity index (χ3v) is 4.52. The molecule has 1 aliphatic rings. The molecule has 0 saturated heterocycles. The molecule has 1 aromatic heterocycles. The van der Waals surface area contributed by atoms with Gasteiger partial charge in [0.15, 0.2) is 5.16 Å². The monoisotopic (exact) mass is 286 g/mol. The van der Waals surface area contributed by atoms with Crippen LogP contribution < -0.4 is 5.56 Å². The van der Waals surface area contributed by atoms with Gasteiger partial charge in [-0.15, -0.1) is 0 Å². The second kappa shape index (κ2) is 6.27. The molecule has 104 valence electrons. The van der Waals surface area contributed by atoms with Gasteiger partial charge in [0.1, 0.15) is 0 Å². The minimum atomic E-state index is 0.0666. The summed E-state index contributed by atoms with van der Waals surface area (Å²) in [4.78, 5) is 19.5. The van der Waals surface area contributed by atoms with Crippen LogP contribution in [0, 0.1) is 0 Å². The maximum absolute atomic E-state index is 12.0. The number of aryl methyl sites for hydroxylation is 2. The molecule has 1 aliphatic carbocycles. The molecule has 0 bridgehead atoms. The van der Waals surface area contributed by atoms with Crippen LogP contribution in [0.4, 0.5) is 0 Å². The molecular formula is C16H18N2OS. The fourth-order valence-corrected chi connectivity index (χ4v) is 3.43. The summed E-state index contributed by atoms with van der Waals surface area (Å²) in [6, 6.07) is 10.4. The first-order valence-electron chi connectivity index (χ1n) is 7.12. The van der Waals surface area contributed by atoms with Crippen molar-refractivity contribution in [2.45, 2.75) is 37.3 Å².